The van der Waals surface area contributed by atoms with Gasteiger partial charge in [0.25, 0.3) is 0 Å². The van der Waals surface area contributed by atoms with Gasteiger partial charge in [-0.2, -0.15) is 0 Å². The third-order valence-corrected chi connectivity index (χ3v) is 0. The number of hydrogen-bond donors (Lipinski definition) is 0. The van der Waals surface area contributed by atoms with Crippen LogP contribution < -0.4 is 0 Å². The van der Waals surface area contributed by atoms with E-state index in [0.29, 0.717) is 0 Å². The van der Waals surface area contributed by atoms with Crippen molar-refractivity contribution in [1.82, 2.24) is 0 Å². The van der Waals surface area contributed by atoms with Gasteiger partial charge in [0, 0.05) is 0 Å². The molecule has 0 spiro atoms. The second kappa shape index (κ2) is 4.87. The summed E-state index contributed by atoms with van der Waals surface area (Å²) in [5, 5.41) is 0. The van der Waals surface area contributed by atoms with Gasteiger partial charge >= 0.3 is 23.9 Å². The monoisotopic (exact) mass is 200 g/mol. The van der Waals surface area contributed by atoms with Crippen LogP contribution in [0.4, 0.5) is 0 Å². The van der Waals surface area contributed by atoms with Crippen molar-refractivity contribution in [2.24, 2.45) is 0 Å². The summed E-state index contributed by atoms with van der Waals surface area (Å²) in [6.45, 7) is 0. The molecule has 0 unspecified atom stereocenters. The Labute approximate surface area is 48.8 Å². The van der Waals surface area contributed by atoms with Crippen LogP contribution in [-0.4, -0.2) is 37.2 Å². The van der Waals surface area contributed by atoms with Crippen LogP contribution in [0.25, 0.3) is 0 Å². The Morgan fingerprint density at radius 1 is 1.40 bits per heavy atom. The summed E-state index contributed by atoms with van der Waals surface area (Å²) in [5.74, 6) is 0. The third-order valence-electron chi connectivity index (χ3n) is 0. The second-order valence-electron chi connectivity index (χ2n) is 0.204. The predicted octanol–water partition coefficient (Wildman–Crippen LogP) is -1.38. The van der Waals surface area contributed by atoms with Crippen molar-refractivity contribution in [1.29, 1.82) is 0 Å². The number of hydrogen-bond acceptors (Lipinski definition) is 3. The summed E-state index contributed by atoms with van der Waals surface area (Å²) in [4.78, 5) is 0. The Balaban J connectivity index is 0. The van der Waals surface area contributed by atoms with Crippen molar-refractivity contribution in [3.63, 3.8) is 0 Å². The van der Waals surface area contributed by atoms with E-state index in [9.17, 15) is 0 Å². The molecule has 0 amide bonds. The maximum absolute atomic E-state index is 8.44. The minimum Gasteiger partial charge on any atom is -0.784 e. The normalized spacial score (nSPS) is 7.00. The summed E-state index contributed by atoms with van der Waals surface area (Å²) >= 11 is -3.11. The van der Waals surface area contributed by atoms with Crippen molar-refractivity contribution in [3.8, 4) is 0 Å². The quantitative estimate of drug-likeness (QED) is 0.356. The van der Waals surface area contributed by atoms with Gasteiger partial charge in [-0.3, -0.25) is 4.21 Å². The Hall–Kier alpha value is 0.869. The first-order chi connectivity index (χ1) is 1.73. The average molecular weight is 199 g/mol. The molecule has 26 valence electrons. The van der Waals surface area contributed by atoms with Gasteiger partial charge in [-0.05, 0) is 0 Å². The molecule has 0 aromatic heterocycles. The van der Waals surface area contributed by atoms with Crippen molar-refractivity contribution in [2.75, 3.05) is 0 Å². The van der Waals surface area contributed by atoms with Crippen LogP contribution >= 0.6 is 0 Å². The molecule has 0 heterocycles. The molecule has 0 aromatic carbocycles. The Morgan fingerprint density at radius 2 is 1.40 bits per heavy atom. The van der Waals surface area contributed by atoms with Crippen molar-refractivity contribution < 1.29 is 13.3 Å². The van der Waals surface area contributed by atoms with Crippen LogP contribution in [-0.2, 0) is 11.4 Å². The van der Waals surface area contributed by atoms with Crippen molar-refractivity contribution >= 4 is 35.3 Å². The molecule has 0 aromatic rings. The molecule has 0 aliphatic carbocycles. The van der Waals surface area contributed by atoms with E-state index in [0.717, 1.165) is 0 Å². The van der Waals surface area contributed by atoms with Gasteiger partial charge in [-0.15, -0.1) is 11.4 Å². The zero-order chi connectivity index (χ0) is 3.58. The van der Waals surface area contributed by atoms with E-state index >= 15 is 0 Å². The molecule has 0 bridgehead atoms. The third kappa shape index (κ3) is 53.1. The summed E-state index contributed by atoms with van der Waals surface area (Å²) in [6, 6.07) is 0. The molecule has 0 N–H and O–H groups in total. The molecule has 0 atom stereocenters. The van der Waals surface area contributed by atoms with Gasteiger partial charge in [-0.25, -0.2) is 0 Å². The minimum absolute atomic E-state index is 0. The van der Waals surface area contributed by atoms with E-state index in [1.807, 2.05) is 0 Å². The molecule has 0 fully saturated rings. The zero-order valence-electron chi connectivity index (χ0n) is 2.13. The van der Waals surface area contributed by atoms with E-state index in [1.54, 1.807) is 0 Å². The Kier molecular flexibility index (Phi) is 9.05. The topological polar surface area (TPSA) is 63.2 Å². The van der Waals surface area contributed by atoms with Crippen LogP contribution in [0.3, 0.4) is 0 Å². The fourth-order valence-electron chi connectivity index (χ4n) is 0. The van der Waals surface area contributed by atoms with Crippen LogP contribution in [0.5, 0.6) is 0 Å². The molecule has 0 aliphatic heterocycles. The van der Waals surface area contributed by atoms with Crippen molar-refractivity contribution in [2.45, 2.75) is 0 Å². The molecular formula is O3SSn+2. The van der Waals surface area contributed by atoms with Crippen molar-refractivity contribution in [3.05, 3.63) is 0 Å². The first kappa shape index (κ1) is 9.29. The van der Waals surface area contributed by atoms with E-state index in [-0.39, 0.29) is 23.9 Å². The first-order valence-corrected chi connectivity index (χ1v) is 1.50. The van der Waals surface area contributed by atoms with E-state index in [4.69, 9.17) is 13.3 Å². The fraction of sp³-hybridized carbons (Fsp3) is 0. The predicted molar refractivity (Wildman–Crippen MR) is 15.5 cm³/mol. The smallest absolute Gasteiger partial charge is 0.784 e. The van der Waals surface area contributed by atoms with Crippen LogP contribution in [0.15, 0.2) is 0 Å². The standard InChI is InChI=1S/H2O3S.Sn/c1-4(2)3;/h(H2,1,2,3);/q;+4/p-2. The average Bonchev–Trinajstić information content (AvgIpc) is 0.811. The van der Waals surface area contributed by atoms with Gasteiger partial charge in [0.15, 0.2) is 0 Å². The van der Waals surface area contributed by atoms with Crippen LogP contribution in [0.2, 0.25) is 0 Å². The summed E-state index contributed by atoms with van der Waals surface area (Å²) in [6.07, 6.45) is 0. The van der Waals surface area contributed by atoms with Gasteiger partial charge in [-0.1, -0.05) is 0 Å². The summed E-state index contributed by atoms with van der Waals surface area (Å²) in [5.41, 5.74) is 0. The molecular weight excluding hydrogens is 199 g/mol. The van der Waals surface area contributed by atoms with Gasteiger partial charge in [0.2, 0.25) is 0 Å². The molecule has 0 radical (unpaired) electrons. The fourth-order valence-corrected chi connectivity index (χ4v) is 0. The largest absolute Gasteiger partial charge is 4.00 e. The maximum atomic E-state index is 8.44. The van der Waals surface area contributed by atoms with Crippen LogP contribution in [0, 0.1) is 0 Å². The van der Waals surface area contributed by atoms with Gasteiger partial charge in [0.05, 0.1) is 0 Å². The van der Waals surface area contributed by atoms with Gasteiger partial charge < -0.3 is 9.11 Å². The SMILES string of the molecule is O=S([O-])[O-].[Sn+4]. The Bertz CT molecular complexity index is 29.9. The van der Waals surface area contributed by atoms with E-state index in [2.05, 4.69) is 0 Å². The molecule has 5 heavy (non-hydrogen) atoms. The molecule has 5 heteroatoms. The van der Waals surface area contributed by atoms with E-state index in [1.165, 1.54) is 0 Å². The minimum atomic E-state index is -3.11. The Morgan fingerprint density at radius 3 is 1.40 bits per heavy atom. The van der Waals surface area contributed by atoms with Gasteiger partial charge in [0.1, 0.15) is 0 Å². The molecule has 3 nitrogen and oxygen atoms in total. The zero-order valence-corrected chi connectivity index (χ0v) is 5.80. The second-order valence-corrected chi connectivity index (χ2v) is 0.612. The summed E-state index contributed by atoms with van der Waals surface area (Å²) < 4.78 is 25.3. The maximum Gasteiger partial charge on any atom is 4.00 e. The number of rotatable bonds is 0. The molecule has 0 saturated heterocycles. The first-order valence-electron chi connectivity index (χ1n) is 0.500. The summed E-state index contributed by atoms with van der Waals surface area (Å²) in [7, 11) is 0. The molecule has 0 saturated carbocycles. The van der Waals surface area contributed by atoms with E-state index < -0.39 is 11.4 Å². The molecule has 0 aliphatic rings. The molecule has 0 rings (SSSR count). The van der Waals surface area contributed by atoms with Crippen LogP contribution in [0.1, 0.15) is 0 Å².